The molecular weight excluding hydrogens is 539 g/mol. The smallest absolute Gasteiger partial charge is 0.341 e. The number of amides is 1. The third kappa shape index (κ3) is 6.80. The van der Waals surface area contributed by atoms with Crippen LogP contribution in [0, 0.1) is 0 Å². The van der Waals surface area contributed by atoms with Crippen LogP contribution in [0.4, 0.5) is 16.4 Å². The summed E-state index contributed by atoms with van der Waals surface area (Å²) < 4.78 is 5.01. The highest BCUT2D eigenvalue weighted by Crippen LogP contribution is 2.39. The Morgan fingerprint density at radius 1 is 1.00 bits per heavy atom. The van der Waals surface area contributed by atoms with Gasteiger partial charge in [-0.2, -0.15) is 0 Å². The molecule has 0 aliphatic heterocycles. The molecule has 0 bridgehead atoms. The number of esters is 1. The number of fused-ring (bicyclic) bond motifs is 1. The number of anilines is 3. The van der Waals surface area contributed by atoms with Gasteiger partial charge in [0.15, 0.2) is 10.9 Å². The zero-order valence-electron chi connectivity index (χ0n) is 21.4. The Bertz CT molecular complexity index is 1370. The van der Waals surface area contributed by atoms with E-state index < -0.39 is 11.2 Å². The Hall–Kier alpha value is -3.21. The Morgan fingerprint density at radius 2 is 1.71 bits per heavy atom. The summed E-state index contributed by atoms with van der Waals surface area (Å²) in [4.78, 5) is 39.1. The molecule has 1 aliphatic rings. The lowest BCUT2D eigenvalue weighted by molar-refractivity contribution is -0.115. The maximum atomic E-state index is 13.1. The van der Waals surface area contributed by atoms with Crippen LogP contribution in [0.1, 0.15) is 57.8 Å². The molecular formula is C28H29N3O4S3. The number of benzene rings is 2. The minimum absolute atomic E-state index is 0.00731. The van der Waals surface area contributed by atoms with Crippen LogP contribution in [0.2, 0.25) is 0 Å². The SMILES string of the molecule is COC(=O)c1c(NC(=O)C(C)Sc2cccc(NC(=S)Nc3ccc(C(C)=O)cc3)c2)sc2c1CCCC2. The van der Waals surface area contributed by atoms with Gasteiger partial charge in [-0.25, -0.2) is 4.79 Å². The van der Waals surface area contributed by atoms with Crippen LogP contribution >= 0.6 is 35.3 Å². The van der Waals surface area contributed by atoms with Crippen molar-refractivity contribution in [3.63, 3.8) is 0 Å². The molecule has 0 saturated carbocycles. The van der Waals surface area contributed by atoms with E-state index in [2.05, 4.69) is 16.0 Å². The zero-order valence-corrected chi connectivity index (χ0v) is 23.8. The highest BCUT2D eigenvalue weighted by atomic mass is 32.2. The van der Waals surface area contributed by atoms with Gasteiger partial charge in [-0.1, -0.05) is 6.07 Å². The first-order valence-corrected chi connectivity index (χ1v) is 14.3. The van der Waals surface area contributed by atoms with Crippen LogP contribution in [0.3, 0.4) is 0 Å². The van der Waals surface area contributed by atoms with Gasteiger partial charge in [0.25, 0.3) is 0 Å². The third-order valence-corrected chi connectivity index (χ3v) is 8.63. The number of carbonyl (C=O) groups excluding carboxylic acids is 3. The van der Waals surface area contributed by atoms with Crippen molar-refractivity contribution in [3.05, 3.63) is 70.1 Å². The molecule has 3 N–H and O–H groups in total. The van der Waals surface area contributed by atoms with Crippen LogP contribution in [-0.2, 0) is 22.4 Å². The van der Waals surface area contributed by atoms with E-state index in [-0.39, 0.29) is 11.7 Å². The molecule has 0 radical (unpaired) electrons. The summed E-state index contributed by atoms with van der Waals surface area (Å²) in [5.74, 6) is -0.575. The lowest BCUT2D eigenvalue weighted by Crippen LogP contribution is -2.23. The molecule has 1 aromatic heterocycles. The highest BCUT2D eigenvalue weighted by Gasteiger charge is 2.28. The molecule has 1 heterocycles. The van der Waals surface area contributed by atoms with E-state index in [1.807, 2.05) is 31.2 Å². The lowest BCUT2D eigenvalue weighted by Gasteiger charge is -2.14. The van der Waals surface area contributed by atoms with E-state index in [9.17, 15) is 14.4 Å². The van der Waals surface area contributed by atoms with Gasteiger partial charge in [-0.05, 0) is 99.8 Å². The molecule has 1 aliphatic carbocycles. The second-order valence-electron chi connectivity index (χ2n) is 8.90. The molecule has 10 heteroatoms. The van der Waals surface area contributed by atoms with E-state index in [1.54, 1.807) is 24.3 Å². The van der Waals surface area contributed by atoms with Gasteiger partial charge in [0.05, 0.1) is 17.9 Å². The summed E-state index contributed by atoms with van der Waals surface area (Å²) in [7, 11) is 1.37. The molecule has 7 nitrogen and oxygen atoms in total. The number of carbonyl (C=O) groups is 3. The van der Waals surface area contributed by atoms with E-state index in [4.69, 9.17) is 17.0 Å². The van der Waals surface area contributed by atoms with Gasteiger partial charge >= 0.3 is 5.97 Å². The van der Waals surface area contributed by atoms with Crippen molar-refractivity contribution in [2.45, 2.75) is 49.7 Å². The number of thiophene rings is 1. The summed E-state index contributed by atoms with van der Waals surface area (Å²) in [5.41, 5.74) is 3.70. The quantitative estimate of drug-likeness (QED) is 0.122. The van der Waals surface area contributed by atoms with Gasteiger partial charge < -0.3 is 20.7 Å². The number of Topliss-reactive ketones (excluding diaryl/α,β-unsaturated/α-hetero) is 1. The average Bonchev–Trinajstić information content (AvgIpc) is 3.26. The first-order valence-electron chi connectivity index (χ1n) is 12.2. The molecule has 2 aromatic carbocycles. The van der Waals surface area contributed by atoms with Crippen LogP contribution in [-0.4, -0.2) is 35.1 Å². The number of hydrogen-bond acceptors (Lipinski definition) is 7. The monoisotopic (exact) mass is 567 g/mol. The Labute approximate surface area is 235 Å². The maximum Gasteiger partial charge on any atom is 0.341 e. The summed E-state index contributed by atoms with van der Waals surface area (Å²) in [6.07, 6.45) is 3.87. The van der Waals surface area contributed by atoms with Crippen molar-refractivity contribution in [3.8, 4) is 0 Å². The highest BCUT2D eigenvalue weighted by molar-refractivity contribution is 8.00. The molecule has 4 rings (SSSR count). The van der Waals surface area contributed by atoms with Crippen molar-refractivity contribution < 1.29 is 19.1 Å². The molecule has 38 heavy (non-hydrogen) atoms. The van der Waals surface area contributed by atoms with Gasteiger partial charge in [0, 0.05) is 26.7 Å². The fourth-order valence-electron chi connectivity index (χ4n) is 4.17. The first kappa shape index (κ1) is 27.8. The molecule has 198 valence electrons. The van der Waals surface area contributed by atoms with Gasteiger partial charge in [-0.3, -0.25) is 9.59 Å². The molecule has 1 amide bonds. The summed E-state index contributed by atoms with van der Waals surface area (Å²) in [5, 5.41) is 9.81. The van der Waals surface area contributed by atoms with Crippen LogP contribution in [0.15, 0.2) is 53.4 Å². The fraction of sp³-hybridized carbons (Fsp3) is 0.286. The van der Waals surface area contributed by atoms with Crippen molar-refractivity contribution in [1.82, 2.24) is 0 Å². The Morgan fingerprint density at radius 3 is 2.42 bits per heavy atom. The van der Waals surface area contributed by atoms with E-state index >= 15 is 0 Å². The van der Waals surface area contributed by atoms with Gasteiger partial charge in [-0.15, -0.1) is 23.1 Å². The number of hydrogen-bond donors (Lipinski definition) is 3. The maximum absolute atomic E-state index is 13.1. The molecule has 0 fully saturated rings. The minimum atomic E-state index is -0.404. The Balaban J connectivity index is 1.38. The number of thiocarbonyl (C=S) groups is 1. The summed E-state index contributed by atoms with van der Waals surface area (Å²) in [6.45, 7) is 3.36. The van der Waals surface area contributed by atoms with E-state index in [1.165, 1.54) is 37.1 Å². The predicted octanol–water partition coefficient (Wildman–Crippen LogP) is 6.54. The van der Waals surface area contributed by atoms with Gasteiger partial charge in [0.1, 0.15) is 5.00 Å². The standard InChI is InChI=1S/C28H29N3O4S3/c1-16(32)18-11-13-19(14-12-18)29-28(36)30-20-7-6-8-21(15-20)37-17(2)25(33)31-26-24(27(34)35-3)22-9-4-5-10-23(22)38-26/h6-8,11-15,17H,4-5,9-10H2,1-3H3,(H,31,33)(H2,29,30,36). The van der Waals surface area contributed by atoms with E-state index in [0.29, 0.717) is 21.2 Å². The van der Waals surface area contributed by atoms with Crippen LogP contribution in [0.25, 0.3) is 0 Å². The summed E-state index contributed by atoms with van der Waals surface area (Å²) in [6, 6.07) is 14.7. The fourth-order valence-corrected chi connectivity index (χ4v) is 6.61. The number of rotatable bonds is 8. The van der Waals surface area contributed by atoms with Crippen LogP contribution < -0.4 is 16.0 Å². The molecule has 0 saturated heterocycles. The number of ketones is 1. The normalized spacial score (nSPS) is 13.1. The number of aryl methyl sites for hydroxylation is 1. The number of nitrogens with one attached hydrogen (secondary N) is 3. The van der Waals surface area contributed by atoms with Gasteiger partial charge in [0.2, 0.25) is 5.91 Å². The second kappa shape index (κ2) is 12.6. The minimum Gasteiger partial charge on any atom is -0.465 e. The number of ether oxygens (including phenoxy) is 1. The second-order valence-corrected chi connectivity index (χ2v) is 11.8. The number of methoxy groups -OCH3 is 1. The van der Waals surface area contributed by atoms with Crippen molar-refractivity contribution in [1.29, 1.82) is 0 Å². The van der Waals surface area contributed by atoms with Crippen molar-refractivity contribution in [2.24, 2.45) is 0 Å². The number of thioether (sulfide) groups is 1. The third-order valence-electron chi connectivity index (χ3n) is 6.12. The predicted molar refractivity (Wildman–Crippen MR) is 159 cm³/mol. The van der Waals surface area contributed by atoms with Crippen molar-refractivity contribution in [2.75, 3.05) is 23.1 Å². The topological polar surface area (TPSA) is 96.5 Å². The molecule has 0 spiro atoms. The lowest BCUT2D eigenvalue weighted by atomic mass is 9.95. The van der Waals surface area contributed by atoms with Crippen LogP contribution in [0.5, 0.6) is 0 Å². The largest absolute Gasteiger partial charge is 0.465 e. The zero-order chi connectivity index (χ0) is 27.2. The van der Waals surface area contributed by atoms with Crippen molar-refractivity contribution >= 4 is 74.5 Å². The van der Waals surface area contributed by atoms with E-state index in [0.717, 1.165) is 52.4 Å². The first-order chi connectivity index (χ1) is 18.2. The molecule has 1 atom stereocenters. The summed E-state index contributed by atoms with van der Waals surface area (Å²) >= 11 is 8.33. The molecule has 3 aromatic rings. The Kier molecular flexibility index (Phi) is 9.19. The molecule has 1 unspecified atom stereocenters. The average molecular weight is 568 g/mol.